The third-order valence-corrected chi connectivity index (χ3v) is 4.66. The summed E-state index contributed by atoms with van der Waals surface area (Å²) in [5.41, 5.74) is 0. The maximum Gasteiger partial charge on any atom is 0.227 e. The van der Waals surface area contributed by atoms with Crippen LogP contribution in [0.15, 0.2) is 18.3 Å². The largest absolute Gasteiger partial charge is 0.489 e. The first-order valence-corrected chi connectivity index (χ1v) is 9.00. The summed E-state index contributed by atoms with van der Waals surface area (Å²) in [6.45, 7) is 2.77. The molecule has 1 aromatic rings. The lowest BCUT2D eigenvalue weighted by molar-refractivity contribution is -0.117. The van der Waals surface area contributed by atoms with Gasteiger partial charge in [0.15, 0.2) is 11.6 Å². The van der Waals surface area contributed by atoms with Gasteiger partial charge < -0.3 is 20.1 Å². The van der Waals surface area contributed by atoms with Gasteiger partial charge in [-0.2, -0.15) is 0 Å². The number of carbonyl (C=O) groups is 1. The van der Waals surface area contributed by atoms with E-state index >= 15 is 0 Å². The number of carbonyl (C=O) groups excluding carboxylic acids is 1. The second-order valence-electron chi connectivity index (χ2n) is 6.64. The van der Waals surface area contributed by atoms with Crippen molar-refractivity contribution < 1.29 is 14.3 Å². The Labute approximate surface area is 143 Å². The van der Waals surface area contributed by atoms with Gasteiger partial charge in [-0.25, -0.2) is 4.98 Å². The number of rotatable bonds is 6. The topological polar surface area (TPSA) is 72.5 Å². The molecule has 6 heteroatoms. The number of hydrogen-bond acceptors (Lipinski definition) is 5. The number of nitrogens with one attached hydrogen (secondary N) is 2. The first-order chi connectivity index (χ1) is 11.8. The van der Waals surface area contributed by atoms with Gasteiger partial charge in [-0.05, 0) is 30.9 Å². The number of ether oxygens (including phenoxy) is 2. The van der Waals surface area contributed by atoms with Gasteiger partial charge >= 0.3 is 0 Å². The van der Waals surface area contributed by atoms with Crippen molar-refractivity contribution in [2.24, 2.45) is 5.92 Å². The van der Waals surface area contributed by atoms with E-state index in [1.165, 1.54) is 32.1 Å². The number of anilines is 1. The first-order valence-electron chi connectivity index (χ1n) is 9.00. The lowest BCUT2D eigenvalue weighted by Crippen LogP contribution is -2.43. The molecule has 1 aliphatic carbocycles. The highest BCUT2D eigenvalue weighted by Crippen LogP contribution is 2.27. The van der Waals surface area contributed by atoms with Gasteiger partial charge in [0.25, 0.3) is 0 Å². The van der Waals surface area contributed by atoms with Gasteiger partial charge in [-0.1, -0.05) is 19.3 Å². The minimum Gasteiger partial charge on any atom is -0.489 e. The standard InChI is InChI=1S/C18H27N3O3/c22-17(11-15-13-23-10-9-19-15)21-18-16(7-4-8-20-18)24-12-14-5-2-1-3-6-14/h4,7-8,14-15,19H,1-3,5-6,9-13H2,(H,20,21,22). The predicted octanol–water partition coefficient (Wildman–Crippen LogP) is 2.36. The van der Waals surface area contributed by atoms with Crippen molar-refractivity contribution in [1.82, 2.24) is 10.3 Å². The molecule has 0 radical (unpaired) electrons. The molecule has 1 unspecified atom stereocenters. The minimum atomic E-state index is -0.0702. The molecule has 0 aromatic carbocycles. The second-order valence-corrected chi connectivity index (χ2v) is 6.64. The van der Waals surface area contributed by atoms with Crippen molar-refractivity contribution in [2.45, 2.75) is 44.6 Å². The van der Waals surface area contributed by atoms with E-state index in [2.05, 4.69) is 15.6 Å². The molecule has 2 aliphatic rings. The van der Waals surface area contributed by atoms with E-state index in [1.807, 2.05) is 12.1 Å². The van der Waals surface area contributed by atoms with Crippen molar-refractivity contribution in [3.63, 3.8) is 0 Å². The summed E-state index contributed by atoms with van der Waals surface area (Å²) in [5.74, 6) is 1.71. The molecular formula is C18H27N3O3. The highest BCUT2D eigenvalue weighted by molar-refractivity contribution is 5.91. The maximum absolute atomic E-state index is 12.2. The number of nitrogens with zero attached hydrogens (tertiary/aromatic N) is 1. The van der Waals surface area contributed by atoms with E-state index in [-0.39, 0.29) is 11.9 Å². The van der Waals surface area contributed by atoms with Crippen LogP contribution in [0.5, 0.6) is 5.75 Å². The van der Waals surface area contributed by atoms with Gasteiger partial charge in [-0.15, -0.1) is 0 Å². The van der Waals surface area contributed by atoms with Crippen LogP contribution in [0.2, 0.25) is 0 Å². The summed E-state index contributed by atoms with van der Waals surface area (Å²) < 4.78 is 11.3. The molecule has 1 aromatic heterocycles. The Morgan fingerprint density at radius 3 is 3.04 bits per heavy atom. The van der Waals surface area contributed by atoms with Crippen LogP contribution in [-0.2, 0) is 9.53 Å². The van der Waals surface area contributed by atoms with Crippen LogP contribution in [0.4, 0.5) is 5.82 Å². The molecule has 1 saturated heterocycles. The van der Waals surface area contributed by atoms with Gasteiger partial charge in [0.2, 0.25) is 5.91 Å². The third kappa shape index (κ3) is 5.18. The SMILES string of the molecule is O=C(CC1COCCN1)Nc1ncccc1OCC1CCCCC1. The molecule has 1 aliphatic heterocycles. The van der Waals surface area contributed by atoms with E-state index in [4.69, 9.17) is 9.47 Å². The van der Waals surface area contributed by atoms with E-state index in [0.717, 1.165) is 6.54 Å². The molecule has 0 spiro atoms. The smallest absolute Gasteiger partial charge is 0.227 e. The summed E-state index contributed by atoms with van der Waals surface area (Å²) in [4.78, 5) is 16.5. The van der Waals surface area contributed by atoms with Crippen LogP contribution in [0.3, 0.4) is 0 Å². The number of amides is 1. The van der Waals surface area contributed by atoms with Crippen molar-refractivity contribution in [3.8, 4) is 5.75 Å². The summed E-state index contributed by atoms with van der Waals surface area (Å²) in [6, 6.07) is 3.77. The monoisotopic (exact) mass is 333 g/mol. The Kier molecular flexibility index (Phi) is 6.43. The Morgan fingerprint density at radius 1 is 1.38 bits per heavy atom. The Balaban J connectivity index is 1.51. The lowest BCUT2D eigenvalue weighted by Gasteiger charge is -2.23. The molecule has 2 heterocycles. The zero-order valence-electron chi connectivity index (χ0n) is 14.1. The molecule has 3 rings (SSSR count). The van der Waals surface area contributed by atoms with Crippen LogP contribution in [0, 0.1) is 5.92 Å². The first kappa shape index (κ1) is 17.2. The predicted molar refractivity (Wildman–Crippen MR) is 92.2 cm³/mol. The van der Waals surface area contributed by atoms with Crippen molar-refractivity contribution >= 4 is 11.7 Å². The van der Waals surface area contributed by atoms with Gasteiger partial charge in [0.05, 0.1) is 19.8 Å². The normalized spacial score (nSPS) is 22.1. The van der Waals surface area contributed by atoms with Crippen molar-refractivity contribution in [3.05, 3.63) is 18.3 Å². The molecular weight excluding hydrogens is 306 g/mol. The van der Waals surface area contributed by atoms with Crippen LogP contribution < -0.4 is 15.4 Å². The van der Waals surface area contributed by atoms with E-state index in [0.29, 0.717) is 43.7 Å². The summed E-state index contributed by atoms with van der Waals surface area (Å²) in [5, 5.41) is 6.16. The van der Waals surface area contributed by atoms with Gasteiger partial charge in [0, 0.05) is 25.2 Å². The lowest BCUT2D eigenvalue weighted by atomic mass is 9.90. The number of morpholine rings is 1. The van der Waals surface area contributed by atoms with Crippen LogP contribution in [0.1, 0.15) is 38.5 Å². The number of aromatic nitrogens is 1. The quantitative estimate of drug-likeness (QED) is 0.836. The number of pyridine rings is 1. The summed E-state index contributed by atoms with van der Waals surface area (Å²) in [7, 11) is 0. The summed E-state index contributed by atoms with van der Waals surface area (Å²) in [6.07, 6.45) is 8.43. The van der Waals surface area contributed by atoms with Crippen LogP contribution in [-0.4, -0.2) is 43.3 Å². The van der Waals surface area contributed by atoms with E-state index in [1.54, 1.807) is 6.20 Å². The Morgan fingerprint density at radius 2 is 2.25 bits per heavy atom. The zero-order chi connectivity index (χ0) is 16.6. The van der Waals surface area contributed by atoms with Gasteiger partial charge in [0.1, 0.15) is 0 Å². The van der Waals surface area contributed by atoms with Crippen molar-refractivity contribution in [1.29, 1.82) is 0 Å². The molecule has 132 valence electrons. The average molecular weight is 333 g/mol. The molecule has 1 atom stereocenters. The van der Waals surface area contributed by atoms with Crippen molar-refractivity contribution in [2.75, 3.05) is 31.7 Å². The molecule has 2 N–H and O–H groups in total. The highest BCUT2D eigenvalue weighted by Gasteiger charge is 2.19. The Hall–Kier alpha value is -1.66. The zero-order valence-corrected chi connectivity index (χ0v) is 14.1. The fraction of sp³-hybridized carbons (Fsp3) is 0.667. The maximum atomic E-state index is 12.2. The molecule has 0 bridgehead atoms. The van der Waals surface area contributed by atoms with Gasteiger partial charge in [-0.3, -0.25) is 4.79 Å². The fourth-order valence-corrected chi connectivity index (χ4v) is 3.32. The highest BCUT2D eigenvalue weighted by atomic mass is 16.5. The summed E-state index contributed by atoms with van der Waals surface area (Å²) >= 11 is 0. The van der Waals surface area contributed by atoms with E-state index in [9.17, 15) is 4.79 Å². The molecule has 1 saturated carbocycles. The molecule has 2 fully saturated rings. The second kappa shape index (κ2) is 8.99. The minimum absolute atomic E-state index is 0.0640. The van der Waals surface area contributed by atoms with Crippen LogP contribution in [0.25, 0.3) is 0 Å². The Bertz CT molecular complexity index is 526. The van der Waals surface area contributed by atoms with Crippen LogP contribution >= 0.6 is 0 Å². The molecule has 6 nitrogen and oxygen atoms in total. The number of hydrogen-bond donors (Lipinski definition) is 2. The molecule has 24 heavy (non-hydrogen) atoms. The average Bonchev–Trinajstić information content (AvgIpc) is 2.63. The molecule has 1 amide bonds. The fourth-order valence-electron chi connectivity index (χ4n) is 3.32. The third-order valence-electron chi connectivity index (χ3n) is 4.66. The van der Waals surface area contributed by atoms with E-state index < -0.39 is 0 Å².